The molecular weight excluding hydrogens is 497 g/mol. The molecule has 0 aliphatic carbocycles. The lowest BCUT2D eigenvalue weighted by molar-refractivity contribution is -0.855. The number of hydrogen-bond donors (Lipinski definition) is 2. The minimum absolute atomic E-state index is 0.121. The Hall–Kier alpha value is -2.43. The van der Waals surface area contributed by atoms with Crippen LogP contribution in [0.3, 0.4) is 0 Å². The molecule has 2 aromatic rings. The van der Waals surface area contributed by atoms with Crippen molar-refractivity contribution in [2.75, 3.05) is 0 Å². The van der Waals surface area contributed by atoms with Gasteiger partial charge in [0.05, 0.1) is 21.8 Å². The quantitative estimate of drug-likeness (QED) is 0.264. The molecule has 1 heterocycles. The molecule has 0 fully saturated rings. The number of hydrogen-bond acceptors (Lipinski definition) is 4. The van der Waals surface area contributed by atoms with Gasteiger partial charge < -0.3 is 16.0 Å². The van der Waals surface area contributed by atoms with Crippen LogP contribution in [0.25, 0.3) is 0 Å². The average Bonchev–Trinajstić information content (AvgIpc) is 2.69. The van der Waals surface area contributed by atoms with E-state index >= 15 is 0 Å². The van der Waals surface area contributed by atoms with Crippen LogP contribution in [0.2, 0.25) is 10.0 Å². The van der Waals surface area contributed by atoms with Gasteiger partial charge in [0.1, 0.15) is 11.4 Å². The van der Waals surface area contributed by atoms with Gasteiger partial charge in [-0.1, -0.05) is 35.3 Å². The summed E-state index contributed by atoms with van der Waals surface area (Å²) in [7, 11) is 0. The molecule has 1 aliphatic heterocycles. The zero-order valence-electron chi connectivity index (χ0n) is 15.7. The minimum atomic E-state index is -5.08. The fraction of sp³-hybridized carbons (Fsp3) is 0.100. The van der Waals surface area contributed by atoms with E-state index in [0.29, 0.717) is 6.20 Å². The first-order chi connectivity index (χ1) is 15.0. The Morgan fingerprint density at radius 1 is 1.19 bits per heavy atom. The number of rotatable bonds is 5. The molecule has 1 aliphatic rings. The fourth-order valence-corrected chi connectivity index (χ4v) is 3.92. The topological polar surface area (TPSA) is 82.9 Å². The third-order valence-electron chi connectivity index (χ3n) is 4.58. The number of carbonyl (C=O) groups excluding carboxylic acids is 1. The SMILES string of the molecule is NC=C(C(=Nc1cccc(Cl)c1)C(F)(F)F)C1=C(C(=O)Cl)C(c2c(F)cccc2Cl)[NH+]1[O-]. The second kappa shape index (κ2) is 9.21. The third-order valence-corrected chi connectivity index (χ3v) is 5.34. The highest BCUT2D eigenvalue weighted by Crippen LogP contribution is 2.39. The average molecular weight is 509 g/mol. The molecule has 3 N–H and O–H groups in total. The van der Waals surface area contributed by atoms with Crippen LogP contribution in [0, 0.1) is 11.0 Å². The Bertz CT molecular complexity index is 1160. The van der Waals surface area contributed by atoms with Gasteiger partial charge in [0.2, 0.25) is 0 Å². The van der Waals surface area contributed by atoms with Crippen LogP contribution >= 0.6 is 34.8 Å². The summed E-state index contributed by atoms with van der Waals surface area (Å²) in [6.07, 6.45) is -4.59. The maximum absolute atomic E-state index is 14.3. The smallest absolute Gasteiger partial charge is 0.434 e. The number of aliphatic imine (C=N–C) groups is 1. The van der Waals surface area contributed by atoms with Crippen LogP contribution in [-0.4, -0.2) is 17.1 Å². The van der Waals surface area contributed by atoms with Gasteiger partial charge in [0.15, 0.2) is 17.5 Å². The third kappa shape index (κ3) is 4.53. The van der Waals surface area contributed by atoms with Crippen molar-refractivity contribution in [3.63, 3.8) is 0 Å². The van der Waals surface area contributed by atoms with E-state index in [1.807, 2.05) is 0 Å². The summed E-state index contributed by atoms with van der Waals surface area (Å²) in [5.74, 6) is -0.924. The summed E-state index contributed by atoms with van der Waals surface area (Å²) in [6, 6.07) is 7.15. The highest BCUT2D eigenvalue weighted by Gasteiger charge is 2.51. The van der Waals surface area contributed by atoms with Crippen molar-refractivity contribution in [1.82, 2.24) is 0 Å². The van der Waals surface area contributed by atoms with Crippen molar-refractivity contribution in [1.29, 1.82) is 0 Å². The summed E-state index contributed by atoms with van der Waals surface area (Å²) >= 11 is 17.3. The van der Waals surface area contributed by atoms with E-state index in [9.17, 15) is 27.6 Å². The lowest BCUT2D eigenvalue weighted by Crippen LogP contribution is -3.11. The largest absolute Gasteiger partial charge is 0.628 e. The predicted molar refractivity (Wildman–Crippen MR) is 113 cm³/mol. The summed E-state index contributed by atoms with van der Waals surface area (Å²) < 4.78 is 56.0. The van der Waals surface area contributed by atoms with Gasteiger partial charge >= 0.3 is 6.18 Å². The molecular formula is C20H12Cl3F4N3O2. The Balaban J connectivity index is 2.21. The number of hydroxylamine groups is 2. The zero-order valence-corrected chi connectivity index (χ0v) is 18.0. The Labute approximate surface area is 193 Å². The molecule has 168 valence electrons. The van der Waals surface area contributed by atoms with E-state index in [1.165, 1.54) is 30.3 Å². The number of allylic oxidation sites excluding steroid dienone is 1. The first kappa shape index (κ1) is 24.2. The summed E-state index contributed by atoms with van der Waals surface area (Å²) in [5.41, 5.74) is 1.16. The van der Waals surface area contributed by atoms with Crippen LogP contribution in [0.4, 0.5) is 23.2 Å². The van der Waals surface area contributed by atoms with Crippen LogP contribution in [0.15, 0.2) is 70.5 Å². The van der Waals surface area contributed by atoms with Crippen LogP contribution < -0.4 is 10.8 Å². The van der Waals surface area contributed by atoms with E-state index in [0.717, 1.165) is 12.1 Å². The molecule has 0 amide bonds. The number of nitrogens with zero attached hydrogens (tertiary/aromatic N) is 1. The standard InChI is InChI=1S/C20H12Cl3F4N3O2/c21-9-3-1-4-10(7-9)29-18(20(25,26)27)11(8-28)16-15(19(23)31)17(30(16)32)14-12(22)5-2-6-13(14)24/h1-8,17,30H,28H2. The van der Waals surface area contributed by atoms with E-state index in [2.05, 4.69) is 4.99 Å². The van der Waals surface area contributed by atoms with Gasteiger partial charge in [-0.2, -0.15) is 13.2 Å². The number of carbonyl (C=O) groups is 1. The molecule has 12 heteroatoms. The number of halogens is 7. The molecule has 2 atom stereocenters. The Morgan fingerprint density at radius 3 is 2.38 bits per heavy atom. The highest BCUT2D eigenvalue weighted by molar-refractivity contribution is 6.68. The second-order valence-electron chi connectivity index (χ2n) is 6.51. The minimum Gasteiger partial charge on any atom is -0.628 e. The number of nitrogens with two attached hydrogens (primary N) is 1. The normalized spacial score (nSPS) is 19.8. The molecule has 0 aromatic heterocycles. The van der Waals surface area contributed by atoms with Crippen molar-refractivity contribution in [3.8, 4) is 0 Å². The Kier molecular flexibility index (Phi) is 6.97. The summed E-state index contributed by atoms with van der Waals surface area (Å²) in [5, 5.41) is 10.5. The van der Waals surface area contributed by atoms with E-state index in [1.54, 1.807) is 0 Å². The van der Waals surface area contributed by atoms with Crippen LogP contribution in [0.5, 0.6) is 0 Å². The zero-order chi connectivity index (χ0) is 23.8. The predicted octanol–water partition coefficient (Wildman–Crippen LogP) is 4.77. The van der Waals surface area contributed by atoms with Crippen LogP contribution in [-0.2, 0) is 4.79 Å². The first-order valence-electron chi connectivity index (χ1n) is 8.73. The second-order valence-corrected chi connectivity index (χ2v) is 7.70. The van der Waals surface area contributed by atoms with Crippen molar-refractivity contribution in [3.05, 3.63) is 92.1 Å². The molecule has 3 rings (SSSR count). The monoisotopic (exact) mass is 507 g/mol. The summed E-state index contributed by atoms with van der Waals surface area (Å²) in [6.45, 7) is 0. The molecule has 5 nitrogen and oxygen atoms in total. The van der Waals surface area contributed by atoms with Gasteiger partial charge in [0.25, 0.3) is 5.24 Å². The van der Waals surface area contributed by atoms with Gasteiger partial charge in [-0.3, -0.25) is 4.79 Å². The highest BCUT2D eigenvalue weighted by atomic mass is 35.5. The molecule has 0 saturated carbocycles. The Morgan fingerprint density at radius 2 is 1.84 bits per heavy atom. The number of quaternary nitrogens is 1. The van der Waals surface area contributed by atoms with Crippen LogP contribution in [0.1, 0.15) is 11.6 Å². The number of benzene rings is 2. The van der Waals surface area contributed by atoms with E-state index in [4.69, 9.17) is 40.5 Å². The molecule has 2 aromatic carbocycles. The van der Waals surface area contributed by atoms with Gasteiger partial charge in [-0.25, -0.2) is 9.38 Å². The van der Waals surface area contributed by atoms with Crippen molar-refractivity contribution < 1.29 is 27.4 Å². The molecule has 0 saturated heterocycles. The maximum atomic E-state index is 14.3. The molecule has 32 heavy (non-hydrogen) atoms. The lowest BCUT2D eigenvalue weighted by Gasteiger charge is -2.43. The molecule has 0 spiro atoms. The fourth-order valence-electron chi connectivity index (χ4n) is 3.26. The maximum Gasteiger partial charge on any atom is 0.434 e. The van der Waals surface area contributed by atoms with Gasteiger partial charge in [-0.15, -0.1) is 0 Å². The van der Waals surface area contributed by atoms with E-state index in [-0.39, 0.29) is 21.3 Å². The van der Waals surface area contributed by atoms with Crippen molar-refractivity contribution in [2.45, 2.75) is 12.2 Å². The molecule has 0 bridgehead atoms. The van der Waals surface area contributed by atoms with Crippen molar-refractivity contribution >= 4 is 51.4 Å². The molecule has 0 radical (unpaired) electrons. The first-order valence-corrected chi connectivity index (χ1v) is 9.87. The summed E-state index contributed by atoms with van der Waals surface area (Å²) in [4.78, 5) is 15.6. The number of nitrogens with one attached hydrogen (secondary N) is 1. The number of alkyl halides is 3. The van der Waals surface area contributed by atoms with Crippen molar-refractivity contribution in [2.24, 2.45) is 10.7 Å². The van der Waals surface area contributed by atoms with Gasteiger partial charge in [0, 0.05) is 11.2 Å². The molecule has 2 unspecified atom stereocenters. The van der Waals surface area contributed by atoms with E-state index < -0.39 is 50.9 Å². The van der Waals surface area contributed by atoms with Gasteiger partial charge in [-0.05, 0) is 41.9 Å². The lowest BCUT2D eigenvalue weighted by atomic mass is 9.85.